The molecule has 2 fully saturated rings. The minimum absolute atomic E-state index is 0. The molecule has 0 bridgehead atoms. The summed E-state index contributed by atoms with van der Waals surface area (Å²) in [6.07, 6.45) is 1.83. The number of morpholine rings is 1. The van der Waals surface area contributed by atoms with Crippen molar-refractivity contribution in [3.63, 3.8) is 0 Å². The van der Waals surface area contributed by atoms with Gasteiger partial charge >= 0.3 is 0 Å². The lowest BCUT2D eigenvalue weighted by atomic mass is 10.1. The zero-order valence-corrected chi connectivity index (χ0v) is 22.1. The second kappa shape index (κ2) is 14.0. The number of carbonyl (C=O) groups is 1. The number of amides is 1. The van der Waals surface area contributed by atoms with Crippen LogP contribution in [0.25, 0.3) is 0 Å². The molecule has 180 valence electrons. The molecule has 0 radical (unpaired) electrons. The summed E-state index contributed by atoms with van der Waals surface area (Å²) in [6, 6.07) is 8.40. The molecule has 3 rings (SSSR count). The van der Waals surface area contributed by atoms with Crippen molar-refractivity contribution in [3.05, 3.63) is 35.4 Å². The van der Waals surface area contributed by atoms with E-state index in [2.05, 4.69) is 60.6 Å². The van der Waals surface area contributed by atoms with E-state index < -0.39 is 0 Å². The van der Waals surface area contributed by atoms with E-state index in [1.807, 2.05) is 4.90 Å². The van der Waals surface area contributed by atoms with Gasteiger partial charge in [0.2, 0.25) is 5.91 Å². The highest BCUT2D eigenvalue weighted by Gasteiger charge is 2.21. The van der Waals surface area contributed by atoms with Crippen molar-refractivity contribution in [1.29, 1.82) is 0 Å². The van der Waals surface area contributed by atoms with Crippen LogP contribution < -0.4 is 10.6 Å². The van der Waals surface area contributed by atoms with Crippen LogP contribution in [0.5, 0.6) is 0 Å². The number of carbonyl (C=O) groups excluding carboxylic acids is 1. The van der Waals surface area contributed by atoms with Gasteiger partial charge < -0.3 is 20.3 Å². The van der Waals surface area contributed by atoms with Gasteiger partial charge in [-0.1, -0.05) is 38.1 Å². The fourth-order valence-electron chi connectivity index (χ4n) is 4.23. The number of hydrogen-bond donors (Lipinski definition) is 2. The van der Waals surface area contributed by atoms with Crippen LogP contribution in [-0.4, -0.2) is 73.6 Å². The average molecular weight is 558 g/mol. The SMILES string of the molecule is CCNC(=NCc1cccc(CN2CCCC2=O)c1)NCC1CN(CC(C)C)CCO1.I. The highest BCUT2D eigenvalue weighted by molar-refractivity contribution is 14.0. The third kappa shape index (κ3) is 8.86. The summed E-state index contributed by atoms with van der Waals surface area (Å²) in [7, 11) is 0. The van der Waals surface area contributed by atoms with Crippen LogP contribution >= 0.6 is 24.0 Å². The van der Waals surface area contributed by atoms with Gasteiger partial charge in [0.05, 0.1) is 19.3 Å². The smallest absolute Gasteiger partial charge is 0.222 e. The molecule has 0 aromatic heterocycles. The first-order chi connectivity index (χ1) is 15.0. The van der Waals surface area contributed by atoms with Gasteiger partial charge in [0.15, 0.2) is 5.96 Å². The van der Waals surface area contributed by atoms with Crippen molar-refractivity contribution in [1.82, 2.24) is 20.4 Å². The predicted molar refractivity (Wildman–Crippen MR) is 140 cm³/mol. The van der Waals surface area contributed by atoms with Crippen LogP contribution in [0.15, 0.2) is 29.3 Å². The number of ether oxygens (including phenoxy) is 1. The van der Waals surface area contributed by atoms with E-state index in [1.165, 1.54) is 5.56 Å². The van der Waals surface area contributed by atoms with E-state index >= 15 is 0 Å². The van der Waals surface area contributed by atoms with Crippen LogP contribution in [0.1, 0.15) is 44.7 Å². The van der Waals surface area contributed by atoms with Crippen LogP contribution in [0, 0.1) is 5.92 Å². The van der Waals surface area contributed by atoms with Gasteiger partial charge in [0.1, 0.15) is 0 Å². The third-order valence-corrected chi connectivity index (χ3v) is 5.64. The Balaban J connectivity index is 0.00000363. The molecular formula is C24H40IN5O2. The van der Waals surface area contributed by atoms with Gasteiger partial charge in [-0.25, -0.2) is 4.99 Å². The van der Waals surface area contributed by atoms with E-state index in [0.29, 0.717) is 25.4 Å². The van der Waals surface area contributed by atoms with E-state index in [9.17, 15) is 4.79 Å². The number of halogens is 1. The monoisotopic (exact) mass is 557 g/mol. The molecule has 1 unspecified atom stereocenters. The Hall–Kier alpha value is -1.39. The second-order valence-electron chi connectivity index (χ2n) is 8.96. The quantitative estimate of drug-likeness (QED) is 0.278. The first kappa shape index (κ1) is 26.9. The minimum atomic E-state index is 0. The molecule has 2 aliphatic heterocycles. The number of nitrogens with zero attached hydrogens (tertiary/aromatic N) is 3. The fraction of sp³-hybridized carbons (Fsp3) is 0.667. The minimum Gasteiger partial charge on any atom is -0.374 e. The van der Waals surface area contributed by atoms with Crippen molar-refractivity contribution in [2.75, 3.05) is 45.9 Å². The Labute approximate surface area is 210 Å². The second-order valence-corrected chi connectivity index (χ2v) is 8.96. The largest absolute Gasteiger partial charge is 0.374 e. The lowest BCUT2D eigenvalue weighted by molar-refractivity contribution is -0.128. The maximum absolute atomic E-state index is 11.9. The highest BCUT2D eigenvalue weighted by Crippen LogP contribution is 2.15. The summed E-state index contributed by atoms with van der Waals surface area (Å²) in [5, 5.41) is 6.78. The summed E-state index contributed by atoms with van der Waals surface area (Å²) in [4.78, 5) is 21.1. The summed E-state index contributed by atoms with van der Waals surface area (Å²) in [5.41, 5.74) is 2.32. The molecule has 32 heavy (non-hydrogen) atoms. The number of likely N-dealkylation sites (tertiary alicyclic amines) is 1. The highest BCUT2D eigenvalue weighted by atomic mass is 127. The van der Waals surface area contributed by atoms with E-state index in [0.717, 1.165) is 63.8 Å². The standard InChI is InChI=1S/C24H39N5O2.HI/c1-4-25-24(27-15-22-18-28(11-12-31-22)16-19(2)3)26-14-20-7-5-8-21(13-20)17-29-10-6-9-23(29)30;/h5,7-8,13,19,22H,4,6,9-12,14-18H2,1-3H3,(H2,25,26,27);1H. The summed E-state index contributed by atoms with van der Waals surface area (Å²) < 4.78 is 5.95. The van der Waals surface area contributed by atoms with Crippen molar-refractivity contribution < 1.29 is 9.53 Å². The van der Waals surface area contributed by atoms with Crippen LogP contribution in [-0.2, 0) is 22.6 Å². The number of nitrogens with one attached hydrogen (secondary N) is 2. The molecule has 8 heteroatoms. The molecule has 7 nitrogen and oxygen atoms in total. The molecule has 0 saturated carbocycles. The number of rotatable bonds is 9. The number of benzene rings is 1. The topological polar surface area (TPSA) is 69.2 Å². The van der Waals surface area contributed by atoms with Crippen molar-refractivity contribution in [3.8, 4) is 0 Å². The molecule has 2 N–H and O–H groups in total. The average Bonchev–Trinajstić information content (AvgIpc) is 3.14. The van der Waals surface area contributed by atoms with Gasteiger partial charge in [-0.15, -0.1) is 24.0 Å². The van der Waals surface area contributed by atoms with E-state index in [-0.39, 0.29) is 36.0 Å². The number of aliphatic imine (C=N–C) groups is 1. The van der Waals surface area contributed by atoms with E-state index in [1.54, 1.807) is 0 Å². The van der Waals surface area contributed by atoms with Gasteiger partial charge in [-0.2, -0.15) is 0 Å². The van der Waals surface area contributed by atoms with Crippen LogP contribution in [0.4, 0.5) is 0 Å². The number of guanidine groups is 1. The lowest BCUT2D eigenvalue weighted by Crippen LogP contribution is -2.50. The number of hydrogen-bond acceptors (Lipinski definition) is 4. The van der Waals surface area contributed by atoms with Gasteiger partial charge in [0.25, 0.3) is 0 Å². The van der Waals surface area contributed by atoms with Crippen molar-refractivity contribution >= 4 is 35.8 Å². The van der Waals surface area contributed by atoms with Gasteiger partial charge in [-0.3, -0.25) is 9.69 Å². The van der Waals surface area contributed by atoms with E-state index in [4.69, 9.17) is 9.73 Å². The third-order valence-electron chi connectivity index (χ3n) is 5.64. The zero-order valence-electron chi connectivity index (χ0n) is 19.8. The lowest BCUT2D eigenvalue weighted by Gasteiger charge is -2.34. The molecule has 1 aromatic carbocycles. The molecule has 2 heterocycles. The normalized spacial score (nSPS) is 19.9. The maximum Gasteiger partial charge on any atom is 0.222 e. The van der Waals surface area contributed by atoms with Crippen LogP contribution in [0.2, 0.25) is 0 Å². The molecule has 1 atom stereocenters. The molecule has 2 aliphatic rings. The van der Waals surface area contributed by atoms with Gasteiger partial charge in [-0.05, 0) is 30.4 Å². The first-order valence-corrected chi connectivity index (χ1v) is 11.7. The predicted octanol–water partition coefficient (Wildman–Crippen LogP) is 2.84. The maximum atomic E-state index is 11.9. The summed E-state index contributed by atoms with van der Waals surface area (Å²) in [6.45, 7) is 14.2. The molecule has 2 saturated heterocycles. The molecule has 0 aliphatic carbocycles. The molecular weight excluding hydrogens is 517 g/mol. The summed E-state index contributed by atoms with van der Waals surface area (Å²) in [5.74, 6) is 1.75. The Morgan fingerprint density at radius 1 is 1.25 bits per heavy atom. The Morgan fingerprint density at radius 2 is 2.06 bits per heavy atom. The first-order valence-electron chi connectivity index (χ1n) is 11.7. The van der Waals surface area contributed by atoms with Crippen molar-refractivity contribution in [2.24, 2.45) is 10.9 Å². The Morgan fingerprint density at radius 3 is 2.78 bits per heavy atom. The Kier molecular flexibility index (Phi) is 11.7. The van der Waals surface area contributed by atoms with Crippen LogP contribution in [0.3, 0.4) is 0 Å². The molecule has 1 aromatic rings. The summed E-state index contributed by atoms with van der Waals surface area (Å²) >= 11 is 0. The molecule has 1 amide bonds. The zero-order chi connectivity index (χ0) is 22.1. The fourth-order valence-corrected chi connectivity index (χ4v) is 4.23. The van der Waals surface area contributed by atoms with Crippen molar-refractivity contribution in [2.45, 2.75) is 52.8 Å². The molecule has 0 spiro atoms. The Bertz CT molecular complexity index is 743. The van der Waals surface area contributed by atoms with Gasteiger partial charge in [0, 0.05) is 52.2 Å².